The average Bonchev–Trinajstić information content (AvgIpc) is 2.26. The molecule has 2 heterocycles. The van der Waals surface area contributed by atoms with Crippen molar-refractivity contribution < 1.29 is 9.47 Å². The van der Waals surface area contributed by atoms with E-state index >= 15 is 0 Å². The Hall–Kier alpha value is -1.70. The van der Waals surface area contributed by atoms with Crippen molar-refractivity contribution in [2.24, 2.45) is 0 Å². The summed E-state index contributed by atoms with van der Waals surface area (Å²) in [7, 11) is 0. The largest absolute Gasteiger partial charge is 0.489 e. The third-order valence-electron chi connectivity index (χ3n) is 2.41. The summed E-state index contributed by atoms with van der Waals surface area (Å²) < 4.78 is 11.0. The summed E-state index contributed by atoms with van der Waals surface area (Å²) in [5.41, 5.74) is 2.26. The second kappa shape index (κ2) is 2.91. The predicted molar refractivity (Wildman–Crippen MR) is 55.5 cm³/mol. The maximum Gasteiger partial charge on any atom is 0.130 e. The molecule has 0 saturated heterocycles. The smallest absolute Gasteiger partial charge is 0.130 e. The van der Waals surface area contributed by atoms with Crippen LogP contribution in [0.25, 0.3) is 12.2 Å². The van der Waals surface area contributed by atoms with Crippen molar-refractivity contribution in [3.63, 3.8) is 0 Å². The summed E-state index contributed by atoms with van der Waals surface area (Å²) in [6.45, 7) is 1.31. The van der Waals surface area contributed by atoms with Crippen LogP contribution in [-0.4, -0.2) is 13.2 Å². The first kappa shape index (κ1) is 7.68. The topological polar surface area (TPSA) is 18.5 Å². The predicted octanol–water partition coefficient (Wildman–Crippen LogP) is 2.50. The van der Waals surface area contributed by atoms with E-state index in [4.69, 9.17) is 9.47 Å². The van der Waals surface area contributed by atoms with Gasteiger partial charge in [0.25, 0.3) is 0 Å². The Labute approximate surface area is 82.5 Å². The second-order valence-electron chi connectivity index (χ2n) is 3.35. The maximum atomic E-state index is 5.50. The van der Waals surface area contributed by atoms with Crippen LogP contribution in [0.4, 0.5) is 0 Å². The molecule has 0 aliphatic carbocycles. The summed E-state index contributed by atoms with van der Waals surface area (Å²) in [6.07, 6.45) is 8.20. The van der Waals surface area contributed by atoms with Crippen molar-refractivity contribution in [2.75, 3.05) is 13.2 Å². The molecule has 0 aromatic heterocycles. The zero-order valence-electron chi connectivity index (χ0n) is 7.69. The van der Waals surface area contributed by atoms with E-state index in [9.17, 15) is 0 Å². The van der Waals surface area contributed by atoms with Gasteiger partial charge >= 0.3 is 0 Å². The van der Waals surface area contributed by atoms with E-state index in [-0.39, 0.29) is 0 Å². The maximum absolute atomic E-state index is 5.50. The molecule has 0 radical (unpaired) electrons. The zero-order chi connectivity index (χ0) is 9.38. The van der Waals surface area contributed by atoms with Crippen molar-refractivity contribution in [1.29, 1.82) is 0 Å². The van der Waals surface area contributed by atoms with E-state index in [0.717, 1.165) is 22.6 Å². The molecule has 1 aromatic rings. The van der Waals surface area contributed by atoms with Crippen LogP contribution in [0.15, 0.2) is 24.3 Å². The lowest BCUT2D eigenvalue weighted by Gasteiger charge is -2.18. The molecule has 0 amide bonds. The van der Waals surface area contributed by atoms with E-state index in [2.05, 4.69) is 18.2 Å². The molecule has 0 spiro atoms. The van der Waals surface area contributed by atoms with Gasteiger partial charge in [-0.25, -0.2) is 0 Å². The number of hydrogen-bond acceptors (Lipinski definition) is 2. The molecule has 1 aromatic carbocycles. The summed E-state index contributed by atoms with van der Waals surface area (Å²) in [6, 6.07) is 4.06. The quantitative estimate of drug-likeness (QED) is 0.619. The molecule has 0 bridgehead atoms. The van der Waals surface area contributed by atoms with Gasteiger partial charge < -0.3 is 9.47 Å². The molecule has 2 heteroatoms. The lowest BCUT2D eigenvalue weighted by molar-refractivity contribution is 0.339. The molecule has 0 fully saturated rings. The summed E-state index contributed by atoms with van der Waals surface area (Å²) >= 11 is 0. The first-order valence-corrected chi connectivity index (χ1v) is 4.70. The highest BCUT2D eigenvalue weighted by Gasteiger charge is 2.12. The van der Waals surface area contributed by atoms with Gasteiger partial charge in [-0.1, -0.05) is 12.2 Å². The molecule has 0 atom stereocenters. The molecule has 2 aliphatic heterocycles. The Morgan fingerprint density at radius 1 is 0.786 bits per heavy atom. The normalized spacial score (nSPS) is 16.6. The molecule has 3 rings (SSSR count). The molecule has 0 unspecified atom stereocenters. The van der Waals surface area contributed by atoms with Gasteiger partial charge in [0.15, 0.2) is 0 Å². The summed E-state index contributed by atoms with van der Waals surface area (Å²) in [5, 5.41) is 0. The van der Waals surface area contributed by atoms with E-state index in [1.165, 1.54) is 0 Å². The van der Waals surface area contributed by atoms with Crippen molar-refractivity contribution in [2.45, 2.75) is 0 Å². The van der Waals surface area contributed by atoms with Gasteiger partial charge in [-0.3, -0.25) is 0 Å². The second-order valence-corrected chi connectivity index (χ2v) is 3.35. The van der Waals surface area contributed by atoms with Crippen molar-refractivity contribution in [3.05, 3.63) is 35.4 Å². The molecule has 14 heavy (non-hydrogen) atoms. The fourth-order valence-electron chi connectivity index (χ4n) is 1.73. The third kappa shape index (κ3) is 1.11. The minimum Gasteiger partial charge on any atom is -0.489 e. The van der Waals surface area contributed by atoms with Gasteiger partial charge in [0.2, 0.25) is 0 Å². The lowest BCUT2D eigenvalue weighted by Crippen LogP contribution is -2.04. The lowest BCUT2D eigenvalue weighted by atomic mass is 10.1. The van der Waals surface area contributed by atoms with E-state index in [1.807, 2.05) is 18.2 Å². The zero-order valence-corrected chi connectivity index (χ0v) is 7.69. The van der Waals surface area contributed by atoms with Crippen LogP contribution in [0.1, 0.15) is 11.1 Å². The van der Waals surface area contributed by atoms with Crippen LogP contribution < -0.4 is 9.47 Å². The van der Waals surface area contributed by atoms with Crippen LogP contribution in [-0.2, 0) is 0 Å². The van der Waals surface area contributed by atoms with Crippen LogP contribution >= 0.6 is 0 Å². The fraction of sp³-hybridized carbons (Fsp3) is 0.167. The number of rotatable bonds is 0. The van der Waals surface area contributed by atoms with Crippen LogP contribution in [0.5, 0.6) is 11.5 Å². The van der Waals surface area contributed by atoms with Crippen LogP contribution in [0, 0.1) is 0 Å². The highest BCUT2D eigenvalue weighted by atomic mass is 16.5. The van der Waals surface area contributed by atoms with Crippen molar-refractivity contribution in [1.82, 2.24) is 0 Å². The summed E-state index contributed by atoms with van der Waals surface area (Å²) in [5.74, 6) is 1.84. The molecular weight excluding hydrogens is 176 g/mol. The molecular formula is C12H10O2. The fourth-order valence-corrected chi connectivity index (χ4v) is 1.73. The first-order valence-electron chi connectivity index (χ1n) is 4.70. The Kier molecular flexibility index (Phi) is 1.60. The van der Waals surface area contributed by atoms with Crippen LogP contribution in [0.2, 0.25) is 0 Å². The Balaban J connectivity index is 2.18. The van der Waals surface area contributed by atoms with E-state index in [1.54, 1.807) is 0 Å². The average molecular weight is 186 g/mol. The third-order valence-corrected chi connectivity index (χ3v) is 2.41. The van der Waals surface area contributed by atoms with Crippen molar-refractivity contribution in [3.8, 4) is 11.5 Å². The van der Waals surface area contributed by atoms with Crippen LogP contribution in [0.3, 0.4) is 0 Å². The minimum atomic E-state index is 0.654. The van der Waals surface area contributed by atoms with Gasteiger partial charge in [-0.2, -0.15) is 0 Å². The van der Waals surface area contributed by atoms with Gasteiger partial charge in [0.1, 0.15) is 24.7 Å². The molecule has 70 valence electrons. The summed E-state index contributed by atoms with van der Waals surface area (Å²) in [4.78, 5) is 0. The highest BCUT2D eigenvalue weighted by Crippen LogP contribution is 2.34. The van der Waals surface area contributed by atoms with E-state index in [0.29, 0.717) is 13.2 Å². The molecule has 0 saturated carbocycles. The van der Waals surface area contributed by atoms with Gasteiger partial charge in [-0.15, -0.1) is 0 Å². The van der Waals surface area contributed by atoms with E-state index < -0.39 is 0 Å². The minimum absolute atomic E-state index is 0.654. The number of hydrogen-bond donors (Lipinski definition) is 0. The Morgan fingerprint density at radius 3 is 1.93 bits per heavy atom. The standard InChI is InChI=1S/C12H10O2/c1-3-9-7-10-4-2-6-14-12(10)8-11(9)13-5-1/h1-4,7-8H,5-6H2. The number of fused-ring (bicyclic) bond motifs is 2. The first-order chi connectivity index (χ1) is 6.93. The van der Waals surface area contributed by atoms with Gasteiger partial charge in [0, 0.05) is 17.2 Å². The SMILES string of the molecule is C1=Cc2cc3c(cc2OC1)OCC=C3. The molecule has 0 N–H and O–H groups in total. The molecule has 2 aliphatic rings. The Morgan fingerprint density at radius 2 is 1.36 bits per heavy atom. The van der Waals surface area contributed by atoms with Gasteiger partial charge in [0.05, 0.1) is 0 Å². The van der Waals surface area contributed by atoms with Crippen molar-refractivity contribution >= 4 is 12.2 Å². The van der Waals surface area contributed by atoms with Gasteiger partial charge in [-0.05, 0) is 18.2 Å². The number of benzene rings is 1. The Bertz CT molecular complexity index is 393. The monoisotopic (exact) mass is 186 g/mol. The highest BCUT2D eigenvalue weighted by molar-refractivity contribution is 5.69. The molecule has 2 nitrogen and oxygen atoms in total. The number of ether oxygens (including phenoxy) is 2.